The van der Waals surface area contributed by atoms with Crippen LogP contribution in [0.4, 0.5) is 0 Å². The Morgan fingerprint density at radius 3 is 2.67 bits per heavy atom. The molecule has 0 bridgehead atoms. The minimum Gasteiger partial charge on any atom is -0.476 e. The van der Waals surface area contributed by atoms with Crippen molar-refractivity contribution in [3.63, 3.8) is 0 Å². The highest BCUT2D eigenvalue weighted by molar-refractivity contribution is 6.15. The molecule has 2 N–H and O–H groups in total. The highest BCUT2D eigenvalue weighted by Crippen LogP contribution is 2.45. The molecule has 2 radical (unpaired) electrons. The summed E-state index contributed by atoms with van der Waals surface area (Å²) in [7, 11) is 6.57. The quantitative estimate of drug-likeness (QED) is 0.828. The van der Waals surface area contributed by atoms with Gasteiger partial charge in [0.25, 0.3) is 0 Å². The number of carbonyl (C=O) groups is 1. The first kappa shape index (κ1) is 16.1. The first-order chi connectivity index (χ1) is 9.92. The Balaban J connectivity index is 2.04. The molecule has 1 aliphatic rings. The molecule has 0 spiro atoms. The van der Waals surface area contributed by atoms with Crippen molar-refractivity contribution in [2.24, 2.45) is 5.92 Å². The van der Waals surface area contributed by atoms with E-state index in [1.165, 1.54) is 0 Å². The van der Waals surface area contributed by atoms with Crippen LogP contribution in [0.3, 0.4) is 0 Å². The number of hydrogen-bond donors (Lipinski definition) is 2. The average Bonchev–Trinajstić information content (AvgIpc) is 2.92. The van der Waals surface area contributed by atoms with Crippen LogP contribution in [0.2, 0.25) is 5.31 Å². The van der Waals surface area contributed by atoms with Crippen molar-refractivity contribution in [2.75, 3.05) is 0 Å². The summed E-state index contributed by atoms with van der Waals surface area (Å²) in [6.45, 7) is 4.42. The number of aromatic nitrogens is 2. The van der Waals surface area contributed by atoms with Crippen molar-refractivity contribution >= 4 is 13.8 Å². The van der Waals surface area contributed by atoms with Gasteiger partial charge in [-0.1, -0.05) is 51.3 Å². The number of H-pyrrole nitrogens is 1. The van der Waals surface area contributed by atoms with E-state index in [0.29, 0.717) is 11.8 Å². The molecular weight excluding hydrogens is 263 g/mol. The molecule has 5 heteroatoms. The van der Waals surface area contributed by atoms with Crippen molar-refractivity contribution in [3.05, 3.63) is 17.5 Å². The van der Waals surface area contributed by atoms with E-state index in [4.69, 9.17) is 13.0 Å². The number of carboxylic acids is 1. The van der Waals surface area contributed by atoms with Crippen LogP contribution >= 0.6 is 0 Å². The zero-order chi connectivity index (χ0) is 15.5. The summed E-state index contributed by atoms with van der Waals surface area (Å²) >= 11 is 0. The maximum Gasteiger partial charge on any atom is 0.356 e. The van der Waals surface area contributed by atoms with Crippen LogP contribution in [0.1, 0.15) is 80.9 Å². The maximum atomic E-state index is 10.9. The van der Waals surface area contributed by atoms with Gasteiger partial charge < -0.3 is 5.11 Å². The second kappa shape index (κ2) is 6.67. The lowest BCUT2D eigenvalue weighted by molar-refractivity contribution is 0.0690. The van der Waals surface area contributed by atoms with Gasteiger partial charge in [-0.2, -0.15) is 5.10 Å². The van der Waals surface area contributed by atoms with Gasteiger partial charge in [-0.15, -0.1) is 0 Å². The van der Waals surface area contributed by atoms with Gasteiger partial charge >= 0.3 is 5.97 Å². The van der Waals surface area contributed by atoms with E-state index in [0.717, 1.165) is 50.6 Å². The number of aromatic carboxylic acids is 1. The highest BCUT2D eigenvalue weighted by Gasteiger charge is 2.29. The molecule has 2 rings (SSSR count). The zero-order valence-corrected chi connectivity index (χ0v) is 13.1. The summed E-state index contributed by atoms with van der Waals surface area (Å²) in [4.78, 5) is 10.9. The molecule has 1 aliphatic carbocycles. The Morgan fingerprint density at radius 2 is 2.05 bits per heavy atom. The van der Waals surface area contributed by atoms with Gasteiger partial charge in [0, 0.05) is 11.6 Å². The summed E-state index contributed by atoms with van der Waals surface area (Å²) < 4.78 is 0. The van der Waals surface area contributed by atoms with E-state index < -0.39 is 5.97 Å². The summed E-state index contributed by atoms with van der Waals surface area (Å²) in [6, 6.07) is 1.68. The smallest absolute Gasteiger partial charge is 0.356 e. The van der Waals surface area contributed by atoms with E-state index in [1.54, 1.807) is 6.07 Å². The lowest BCUT2D eigenvalue weighted by Crippen LogP contribution is -2.19. The van der Waals surface area contributed by atoms with Crippen LogP contribution < -0.4 is 0 Å². The number of nitrogens with one attached hydrogen (secondary N) is 1. The molecule has 2 atom stereocenters. The maximum absolute atomic E-state index is 10.9. The zero-order valence-electron chi connectivity index (χ0n) is 13.1. The average molecular weight is 288 g/mol. The molecular formula is C16H25BN2O2. The number of carboxylic acid groups (broad SMARTS) is 1. The molecule has 1 saturated carbocycles. The molecule has 1 aromatic heterocycles. The second-order valence-electron chi connectivity index (χ2n) is 6.74. The SMILES string of the molecule is [B]C1(C(C)C)CCCCC(c2cc(C(=O)O)n[nH]2)CCC1. The Bertz CT molecular complexity index is 486. The lowest BCUT2D eigenvalue weighted by Gasteiger charge is -2.34. The van der Waals surface area contributed by atoms with Gasteiger partial charge in [0.1, 0.15) is 0 Å². The Labute approximate surface area is 128 Å². The normalized spacial score (nSPS) is 27.9. The van der Waals surface area contributed by atoms with Crippen LogP contribution in [-0.4, -0.2) is 29.1 Å². The monoisotopic (exact) mass is 288 g/mol. The predicted molar refractivity (Wildman–Crippen MR) is 83.9 cm³/mol. The largest absolute Gasteiger partial charge is 0.476 e. The van der Waals surface area contributed by atoms with Gasteiger partial charge in [0.05, 0.1) is 7.85 Å². The third-order valence-electron chi connectivity index (χ3n) is 5.05. The highest BCUT2D eigenvalue weighted by atomic mass is 16.4. The van der Waals surface area contributed by atoms with Crippen LogP contribution in [0.15, 0.2) is 6.07 Å². The van der Waals surface area contributed by atoms with Crippen molar-refractivity contribution in [1.29, 1.82) is 0 Å². The first-order valence-electron chi connectivity index (χ1n) is 8.00. The molecule has 1 heterocycles. The van der Waals surface area contributed by atoms with E-state index in [1.807, 2.05) is 0 Å². The van der Waals surface area contributed by atoms with E-state index in [9.17, 15) is 4.79 Å². The first-order valence-corrected chi connectivity index (χ1v) is 8.00. The predicted octanol–water partition coefficient (Wildman–Crippen LogP) is 3.92. The third-order valence-corrected chi connectivity index (χ3v) is 5.05. The summed E-state index contributed by atoms with van der Waals surface area (Å²) in [5.41, 5.74) is 1.07. The van der Waals surface area contributed by atoms with Crippen molar-refractivity contribution in [1.82, 2.24) is 10.2 Å². The fraction of sp³-hybridized carbons (Fsp3) is 0.750. The summed E-state index contributed by atoms with van der Waals surface area (Å²) in [6.07, 6.45) is 7.62. The van der Waals surface area contributed by atoms with E-state index in [-0.39, 0.29) is 11.0 Å². The summed E-state index contributed by atoms with van der Waals surface area (Å²) in [5.74, 6) is -0.0960. The van der Waals surface area contributed by atoms with Crippen molar-refractivity contribution in [2.45, 2.75) is 70.0 Å². The summed E-state index contributed by atoms with van der Waals surface area (Å²) in [5, 5.41) is 15.7. The molecule has 0 saturated heterocycles. The number of aromatic amines is 1. The molecule has 0 aromatic carbocycles. The minimum absolute atomic E-state index is 0.0465. The molecule has 2 unspecified atom stereocenters. The van der Waals surface area contributed by atoms with Gasteiger partial charge in [-0.3, -0.25) is 5.10 Å². The third kappa shape index (κ3) is 3.89. The van der Waals surface area contributed by atoms with Gasteiger partial charge in [-0.05, 0) is 24.8 Å². The standard InChI is InChI=1S/C16H25BN2O2/c1-11(2)16(17)8-4-3-6-12(7-5-9-16)13-10-14(15(20)21)19-18-13/h10-12H,3-9H2,1-2H3,(H,18,19)(H,20,21). The Hall–Kier alpha value is -1.26. The fourth-order valence-electron chi connectivity index (χ4n) is 3.34. The lowest BCUT2D eigenvalue weighted by atomic mass is 9.57. The number of nitrogens with zero attached hydrogens (tertiary/aromatic N) is 1. The molecule has 0 amide bonds. The van der Waals surface area contributed by atoms with Gasteiger partial charge in [-0.25, -0.2) is 4.79 Å². The van der Waals surface area contributed by atoms with Crippen LogP contribution in [0, 0.1) is 5.92 Å². The van der Waals surface area contributed by atoms with Gasteiger partial charge in [0.2, 0.25) is 0 Å². The van der Waals surface area contributed by atoms with Gasteiger partial charge in [0.15, 0.2) is 5.69 Å². The van der Waals surface area contributed by atoms with E-state index in [2.05, 4.69) is 24.0 Å². The Morgan fingerprint density at radius 1 is 1.38 bits per heavy atom. The fourth-order valence-corrected chi connectivity index (χ4v) is 3.34. The number of hydrogen-bond acceptors (Lipinski definition) is 2. The molecule has 1 fully saturated rings. The van der Waals surface area contributed by atoms with Crippen LogP contribution in [0.25, 0.3) is 0 Å². The molecule has 1 aromatic rings. The molecule has 0 aliphatic heterocycles. The molecule has 114 valence electrons. The van der Waals surface area contributed by atoms with Crippen LogP contribution in [-0.2, 0) is 0 Å². The molecule has 4 nitrogen and oxygen atoms in total. The molecule has 21 heavy (non-hydrogen) atoms. The topological polar surface area (TPSA) is 66.0 Å². The minimum atomic E-state index is -0.971. The van der Waals surface area contributed by atoms with E-state index >= 15 is 0 Å². The second-order valence-corrected chi connectivity index (χ2v) is 6.74. The van der Waals surface area contributed by atoms with Crippen LogP contribution in [0.5, 0.6) is 0 Å². The van der Waals surface area contributed by atoms with Crippen molar-refractivity contribution in [3.8, 4) is 0 Å². The number of rotatable bonds is 3. The van der Waals surface area contributed by atoms with Crippen molar-refractivity contribution < 1.29 is 9.90 Å². The Kier molecular flexibility index (Phi) is 5.12.